The van der Waals surface area contributed by atoms with Gasteiger partial charge in [0.1, 0.15) is 0 Å². The molecule has 12 heavy (non-hydrogen) atoms. The van der Waals surface area contributed by atoms with Crippen LogP contribution < -0.4 is 0 Å². The molecule has 0 aromatic carbocycles. The third kappa shape index (κ3) is 1.96. The summed E-state index contributed by atoms with van der Waals surface area (Å²) in [7, 11) is 0. The fraction of sp³-hybridized carbons (Fsp3) is 0.750. The Morgan fingerprint density at radius 3 is 2.33 bits per heavy atom. The van der Waals surface area contributed by atoms with Crippen molar-refractivity contribution in [2.75, 3.05) is 0 Å². The van der Waals surface area contributed by atoms with E-state index < -0.39 is 17.8 Å². The minimum atomic E-state index is -0.902. The first kappa shape index (κ1) is 9.03. The lowest BCUT2D eigenvalue weighted by Gasteiger charge is -2.06. The van der Waals surface area contributed by atoms with Gasteiger partial charge >= 0.3 is 11.9 Å². The van der Waals surface area contributed by atoms with Crippen LogP contribution in [0.15, 0.2) is 0 Å². The van der Waals surface area contributed by atoms with Crippen LogP contribution in [-0.2, 0) is 14.3 Å². The smallest absolute Gasteiger partial charge is 0.310 e. The van der Waals surface area contributed by atoms with Crippen molar-refractivity contribution < 1.29 is 19.4 Å². The normalized spacial score (nSPS) is 26.9. The minimum Gasteiger partial charge on any atom is -0.481 e. The van der Waals surface area contributed by atoms with Gasteiger partial charge in [0.15, 0.2) is 0 Å². The summed E-state index contributed by atoms with van der Waals surface area (Å²) in [6, 6.07) is 0. The molecule has 0 unspecified atom stereocenters. The van der Waals surface area contributed by atoms with Crippen LogP contribution in [0.2, 0.25) is 0 Å². The van der Waals surface area contributed by atoms with E-state index in [2.05, 4.69) is 0 Å². The van der Waals surface area contributed by atoms with Gasteiger partial charge in [-0.3, -0.25) is 9.59 Å². The number of rotatable bonds is 3. The molecule has 0 bridgehead atoms. The van der Waals surface area contributed by atoms with Crippen LogP contribution in [0.3, 0.4) is 0 Å². The largest absolute Gasteiger partial charge is 0.481 e. The number of carbonyl (C=O) groups is 2. The predicted octanol–water partition coefficient (Wildman–Crippen LogP) is 0.659. The molecule has 2 atom stereocenters. The predicted molar refractivity (Wildman–Crippen MR) is 40.5 cm³/mol. The maximum absolute atomic E-state index is 11.0. The van der Waals surface area contributed by atoms with Gasteiger partial charge in [0.05, 0.1) is 17.9 Å². The average Bonchev–Trinajstić information content (AvgIpc) is 2.61. The van der Waals surface area contributed by atoms with E-state index >= 15 is 0 Å². The zero-order chi connectivity index (χ0) is 9.30. The Morgan fingerprint density at radius 1 is 1.42 bits per heavy atom. The number of hydrogen-bond acceptors (Lipinski definition) is 3. The SMILES string of the molecule is CC(C)OC(=O)[C@@H]1C[C@@H]1C(=O)O. The summed E-state index contributed by atoms with van der Waals surface area (Å²) in [5.41, 5.74) is 0. The number of ether oxygens (including phenoxy) is 1. The molecule has 68 valence electrons. The molecule has 0 aliphatic heterocycles. The second-order valence-corrected chi connectivity index (χ2v) is 3.27. The molecule has 1 fully saturated rings. The standard InChI is InChI=1S/C8H12O4/c1-4(2)12-8(11)6-3-5(6)7(9)10/h4-6H,3H2,1-2H3,(H,9,10)/t5-,6+/m0/s1. The molecule has 1 saturated carbocycles. The van der Waals surface area contributed by atoms with Crippen molar-refractivity contribution in [2.45, 2.75) is 26.4 Å². The third-order valence-electron chi connectivity index (χ3n) is 1.76. The van der Waals surface area contributed by atoms with Crippen LogP contribution in [0.5, 0.6) is 0 Å². The van der Waals surface area contributed by atoms with Gasteiger partial charge in [-0.05, 0) is 20.3 Å². The van der Waals surface area contributed by atoms with Crippen LogP contribution in [0, 0.1) is 11.8 Å². The molecule has 0 heterocycles. The minimum absolute atomic E-state index is 0.160. The lowest BCUT2D eigenvalue weighted by Crippen LogP contribution is -2.15. The molecule has 0 saturated heterocycles. The Labute approximate surface area is 70.5 Å². The van der Waals surface area contributed by atoms with Crippen molar-refractivity contribution in [3.05, 3.63) is 0 Å². The van der Waals surface area contributed by atoms with Crippen molar-refractivity contribution in [3.8, 4) is 0 Å². The average molecular weight is 172 g/mol. The van der Waals surface area contributed by atoms with Crippen molar-refractivity contribution >= 4 is 11.9 Å². The molecule has 1 rings (SSSR count). The second kappa shape index (κ2) is 3.13. The third-order valence-corrected chi connectivity index (χ3v) is 1.76. The highest BCUT2D eigenvalue weighted by Crippen LogP contribution is 2.39. The summed E-state index contributed by atoms with van der Waals surface area (Å²) in [4.78, 5) is 21.4. The first-order chi connectivity index (χ1) is 5.52. The molecule has 0 spiro atoms. The second-order valence-electron chi connectivity index (χ2n) is 3.27. The maximum Gasteiger partial charge on any atom is 0.310 e. The number of carboxylic acid groups (broad SMARTS) is 1. The molecule has 0 radical (unpaired) electrons. The number of carboxylic acids is 1. The van der Waals surface area contributed by atoms with E-state index in [9.17, 15) is 9.59 Å². The van der Waals surface area contributed by atoms with Gasteiger partial charge in [0, 0.05) is 0 Å². The Hall–Kier alpha value is -1.06. The molecule has 1 N–H and O–H groups in total. The Morgan fingerprint density at radius 2 is 2.00 bits per heavy atom. The summed E-state index contributed by atoms with van der Waals surface area (Å²) in [5, 5.41) is 8.50. The monoisotopic (exact) mass is 172 g/mol. The fourth-order valence-electron chi connectivity index (χ4n) is 1.05. The Balaban J connectivity index is 2.33. The zero-order valence-corrected chi connectivity index (χ0v) is 7.11. The van der Waals surface area contributed by atoms with Gasteiger partial charge in [-0.15, -0.1) is 0 Å². The van der Waals surface area contributed by atoms with Gasteiger partial charge in [-0.25, -0.2) is 0 Å². The van der Waals surface area contributed by atoms with Gasteiger partial charge in [0.2, 0.25) is 0 Å². The zero-order valence-electron chi connectivity index (χ0n) is 7.11. The topological polar surface area (TPSA) is 63.6 Å². The van der Waals surface area contributed by atoms with E-state index in [1.807, 2.05) is 0 Å². The first-order valence-electron chi connectivity index (χ1n) is 3.95. The summed E-state index contributed by atoms with van der Waals surface area (Å²) in [6.45, 7) is 3.49. The van der Waals surface area contributed by atoms with Gasteiger partial charge in [-0.1, -0.05) is 0 Å². The molecule has 1 aliphatic carbocycles. The van der Waals surface area contributed by atoms with E-state index in [0.29, 0.717) is 6.42 Å². The summed E-state index contributed by atoms with van der Waals surface area (Å²) in [5.74, 6) is -2.18. The summed E-state index contributed by atoms with van der Waals surface area (Å²) in [6.07, 6.45) is 0.272. The van der Waals surface area contributed by atoms with Crippen LogP contribution in [0.25, 0.3) is 0 Å². The van der Waals surface area contributed by atoms with Gasteiger partial charge in [0.25, 0.3) is 0 Å². The highest BCUT2D eigenvalue weighted by Gasteiger charge is 2.49. The molecular weight excluding hydrogens is 160 g/mol. The molecule has 4 nitrogen and oxygen atoms in total. The van der Waals surface area contributed by atoms with Crippen molar-refractivity contribution in [1.29, 1.82) is 0 Å². The van der Waals surface area contributed by atoms with E-state index in [1.165, 1.54) is 0 Å². The van der Waals surface area contributed by atoms with Crippen LogP contribution in [0.4, 0.5) is 0 Å². The maximum atomic E-state index is 11.0. The van der Waals surface area contributed by atoms with Gasteiger partial charge in [-0.2, -0.15) is 0 Å². The van der Waals surface area contributed by atoms with Crippen LogP contribution in [-0.4, -0.2) is 23.1 Å². The molecule has 0 aromatic heterocycles. The molecule has 1 aliphatic rings. The van der Waals surface area contributed by atoms with E-state index in [1.54, 1.807) is 13.8 Å². The van der Waals surface area contributed by atoms with Crippen molar-refractivity contribution in [1.82, 2.24) is 0 Å². The van der Waals surface area contributed by atoms with E-state index in [-0.39, 0.29) is 12.1 Å². The van der Waals surface area contributed by atoms with Crippen LogP contribution in [0.1, 0.15) is 20.3 Å². The summed E-state index contributed by atoms with van der Waals surface area (Å²) < 4.78 is 4.85. The van der Waals surface area contributed by atoms with E-state index in [4.69, 9.17) is 9.84 Å². The highest BCUT2D eigenvalue weighted by atomic mass is 16.5. The fourth-order valence-corrected chi connectivity index (χ4v) is 1.05. The number of hydrogen-bond donors (Lipinski definition) is 1. The summed E-state index contributed by atoms with van der Waals surface area (Å²) >= 11 is 0. The van der Waals surface area contributed by atoms with Crippen molar-refractivity contribution in [2.24, 2.45) is 11.8 Å². The van der Waals surface area contributed by atoms with E-state index in [0.717, 1.165) is 0 Å². The van der Waals surface area contributed by atoms with Gasteiger partial charge < -0.3 is 9.84 Å². The quantitative estimate of drug-likeness (QED) is 0.635. The molecular formula is C8H12O4. The first-order valence-corrected chi connectivity index (χ1v) is 3.95. The Bertz CT molecular complexity index is 209. The molecule has 4 heteroatoms. The Kier molecular flexibility index (Phi) is 2.35. The molecule has 0 amide bonds. The van der Waals surface area contributed by atoms with Crippen molar-refractivity contribution in [3.63, 3.8) is 0 Å². The lowest BCUT2D eigenvalue weighted by atomic mass is 10.3. The van der Waals surface area contributed by atoms with Crippen LogP contribution >= 0.6 is 0 Å². The molecule has 0 aromatic rings. The number of carbonyl (C=O) groups excluding carboxylic acids is 1. The highest BCUT2D eigenvalue weighted by molar-refractivity contribution is 5.86. The lowest BCUT2D eigenvalue weighted by molar-refractivity contribution is -0.151. The number of esters is 1. The number of aliphatic carboxylic acids is 1.